The SMILES string of the molecule is O=C(NCc1ccc(F)cc1F)C1CCCCc2nnc(-c3cnccn3)n21. The van der Waals surface area contributed by atoms with Gasteiger partial charge in [0.05, 0.1) is 6.20 Å². The maximum Gasteiger partial charge on any atom is 0.243 e. The first-order valence-electron chi connectivity index (χ1n) is 9.05. The molecule has 1 atom stereocenters. The number of hydrogen-bond acceptors (Lipinski definition) is 5. The highest BCUT2D eigenvalue weighted by Gasteiger charge is 2.29. The third-order valence-electron chi connectivity index (χ3n) is 4.77. The van der Waals surface area contributed by atoms with Crippen LogP contribution in [-0.4, -0.2) is 30.6 Å². The van der Waals surface area contributed by atoms with Crippen molar-refractivity contribution in [2.24, 2.45) is 0 Å². The van der Waals surface area contributed by atoms with Crippen molar-refractivity contribution in [1.29, 1.82) is 0 Å². The van der Waals surface area contributed by atoms with Crippen LogP contribution < -0.4 is 5.32 Å². The molecule has 3 aromatic rings. The van der Waals surface area contributed by atoms with Gasteiger partial charge < -0.3 is 5.32 Å². The number of rotatable bonds is 4. The molecule has 2 aromatic heterocycles. The summed E-state index contributed by atoms with van der Waals surface area (Å²) in [4.78, 5) is 21.3. The highest BCUT2D eigenvalue weighted by atomic mass is 19.1. The molecule has 0 saturated heterocycles. The van der Waals surface area contributed by atoms with Crippen LogP contribution in [-0.2, 0) is 17.8 Å². The van der Waals surface area contributed by atoms with Gasteiger partial charge in [-0.25, -0.2) is 13.8 Å². The molecule has 3 heterocycles. The number of aromatic nitrogens is 5. The molecule has 9 heteroatoms. The van der Waals surface area contributed by atoms with Crippen molar-refractivity contribution in [2.75, 3.05) is 0 Å². The molecule has 1 N–H and O–H groups in total. The second kappa shape index (κ2) is 7.79. The van der Waals surface area contributed by atoms with Gasteiger partial charge in [-0.1, -0.05) is 12.5 Å². The molecule has 0 spiro atoms. The Hall–Kier alpha value is -3.23. The van der Waals surface area contributed by atoms with Gasteiger partial charge in [0.1, 0.15) is 29.2 Å². The third kappa shape index (κ3) is 3.60. The van der Waals surface area contributed by atoms with Crippen LogP contribution in [0.2, 0.25) is 0 Å². The number of carbonyl (C=O) groups excluding carboxylic acids is 1. The number of aryl methyl sites for hydroxylation is 1. The summed E-state index contributed by atoms with van der Waals surface area (Å²) < 4.78 is 28.7. The summed E-state index contributed by atoms with van der Waals surface area (Å²) in [6, 6.07) is 2.76. The van der Waals surface area contributed by atoms with E-state index in [1.165, 1.54) is 12.1 Å². The first kappa shape index (κ1) is 18.1. The van der Waals surface area contributed by atoms with Crippen molar-refractivity contribution >= 4 is 5.91 Å². The van der Waals surface area contributed by atoms with Crippen LogP contribution in [0.1, 0.15) is 36.7 Å². The van der Waals surface area contributed by atoms with Gasteiger partial charge >= 0.3 is 0 Å². The van der Waals surface area contributed by atoms with Crippen molar-refractivity contribution in [3.63, 3.8) is 0 Å². The normalized spacial score (nSPS) is 16.3. The number of benzene rings is 1. The van der Waals surface area contributed by atoms with Crippen molar-refractivity contribution in [3.8, 4) is 11.5 Å². The van der Waals surface area contributed by atoms with Crippen molar-refractivity contribution in [1.82, 2.24) is 30.0 Å². The van der Waals surface area contributed by atoms with E-state index in [0.717, 1.165) is 18.9 Å². The van der Waals surface area contributed by atoms with E-state index in [1.54, 1.807) is 23.2 Å². The van der Waals surface area contributed by atoms with E-state index < -0.39 is 17.7 Å². The first-order valence-corrected chi connectivity index (χ1v) is 9.05. The van der Waals surface area contributed by atoms with Gasteiger partial charge in [0, 0.05) is 37.0 Å². The summed E-state index contributed by atoms with van der Waals surface area (Å²) in [6.45, 7) is -0.0284. The molecule has 0 aliphatic carbocycles. The van der Waals surface area contributed by atoms with Crippen LogP contribution in [0.15, 0.2) is 36.8 Å². The van der Waals surface area contributed by atoms with E-state index in [1.807, 2.05) is 0 Å². The predicted octanol–water partition coefficient (Wildman–Crippen LogP) is 2.60. The number of carbonyl (C=O) groups is 1. The number of hydrogen-bond donors (Lipinski definition) is 1. The van der Waals surface area contributed by atoms with Gasteiger partial charge in [0.15, 0.2) is 5.82 Å². The molecule has 7 nitrogen and oxygen atoms in total. The number of fused-ring (bicyclic) bond motifs is 1. The van der Waals surface area contributed by atoms with Crippen LogP contribution in [0.5, 0.6) is 0 Å². The monoisotopic (exact) mass is 384 g/mol. The lowest BCUT2D eigenvalue weighted by molar-refractivity contribution is -0.124. The van der Waals surface area contributed by atoms with Gasteiger partial charge in [0.2, 0.25) is 5.91 Å². The Kier molecular flexibility index (Phi) is 5.05. The van der Waals surface area contributed by atoms with Gasteiger partial charge in [0.25, 0.3) is 0 Å². The van der Waals surface area contributed by atoms with E-state index in [-0.39, 0.29) is 18.0 Å². The van der Waals surface area contributed by atoms with Crippen LogP contribution in [0.3, 0.4) is 0 Å². The summed E-state index contributed by atoms with van der Waals surface area (Å²) >= 11 is 0. The van der Waals surface area contributed by atoms with E-state index >= 15 is 0 Å². The topological polar surface area (TPSA) is 85.6 Å². The van der Waals surface area contributed by atoms with E-state index in [0.29, 0.717) is 30.2 Å². The minimum Gasteiger partial charge on any atom is -0.350 e. The van der Waals surface area contributed by atoms with Crippen molar-refractivity contribution in [2.45, 2.75) is 38.3 Å². The molecule has 1 unspecified atom stereocenters. The molecule has 1 aliphatic rings. The quantitative estimate of drug-likeness (QED) is 0.747. The second-order valence-corrected chi connectivity index (χ2v) is 6.62. The van der Waals surface area contributed by atoms with E-state index in [9.17, 15) is 13.6 Å². The highest BCUT2D eigenvalue weighted by Crippen LogP contribution is 2.28. The van der Waals surface area contributed by atoms with Crippen molar-refractivity contribution in [3.05, 3.63) is 59.8 Å². The fourth-order valence-electron chi connectivity index (χ4n) is 3.37. The second-order valence-electron chi connectivity index (χ2n) is 6.62. The molecule has 28 heavy (non-hydrogen) atoms. The molecular weight excluding hydrogens is 366 g/mol. The fourth-order valence-corrected chi connectivity index (χ4v) is 3.37. The zero-order chi connectivity index (χ0) is 19.5. The van der Waals surface area contributed by atoms with Crippen molar-refractivity contribution < 1.29 is 13.6 Å². The lowest BCUT2D eigenvalue weighted by Crippen LogP contribution is -2.33. The molecule has 1 amide bonds. The molecule has 0 saturated carbocycles. The van der Waals surface area contributed by atoms with Gasteiger partial charge in [-0.2, -0.15) is 0 Å². The highest BCUT2D eigenvalue weighted by molar-refractivity contribution is 5.81. The maximum absolute atomic E-state index is 13.9. The Morgan fingerprint density at radius 1 is 1.21 bits per heavy atom. The summed E-state index contributed by atoms with van der Waals surface area (Å²) in [7, 11) is 0. The zero-order valence-electron chi connectivity index (χ0n) is 15.0. The number of amides is 1. The Bertz CT molecular complexity index is 991. The molecule has 144 valence electrons. The Morgan fingerprint density at radius 2 is 2.11 bits per heavy atom. The standard InChI is InChI=1S/C19H18F2N6O/c20-13-6-5-12(14(21)9-13)10-24-19(28)16-3-1-2-4-17-25-26-18(27(16)17)15-11-22-7-8-23-15/h5-9,11,16H,1-4,10H2,(H,24,28). The summed E-state index contributed by atoms with van der Waals surface area (Å²) in [5, 5.41) is 11.2. The zero-order valence-corrected chi connectivity index (χ0v) is 15.0. The number of halogens is 2. The maximum atomic E-state index is 13.9. The average molecular weight is 384 g/mol. The summed E-state index contributed by atoms with van der Waals surface area (Å²) in [6.07, 6.45) is 7.76. The van der Waals surface area contributed by atoms with Crippen LogP contribution in [0.25, 0.3) is 11.5 Å². The molecule has 1 aromatic carbocycles. The molecule has 4 rings (SSSR count). The average Bonchev–Trinajstić information content (AvgIpc) is 3.00. The molecule has 0 bridgehead atoms. The van der Waals surface area contributed by atoms with Gasteiger partial charge in [-0.3, -0.25) is 14.3 Å². The lowest BCUT2D eigenvalue weighted by Gasteiger charge is -2.19. The first-order chi connectivity index (χ1) is 13.6. The van der Waals surface area contributed by atoms with Gasteiger partial charge in [-0.05, 0) is 18.9 Å². The fraction of sp³-hybridized carbons (Fsp3) is 0.316. The molecular formula is C19H18F2N6O. The Morgan fingerprint density at radius 3 is 2.89 bits per heavy atom. The largest absolute Gasteiger partial charge is 0.350 e. The number of nitrogens with zero attached hydrogens (tertiary/aromatic N) is 5. The van der Waals surface area contributed by atoms with E-state index in [4.69, 9.17) is 0 Å². The Balaban J connectivity index is 1.60. The summed E-state index contributed by atoms with van der Waals surface area (Å²) in [5.74, 6) is -0.410. The lowest BCUT2D eigenvalue weighted by atomic mass is 10.1. The minimum atomic E-state index is -0.689. The number of nitrogens with one attached hydrogen (secondary N) is 1. The van der Waals surface area contributed by atoms with Gasteiger partial charge in [-0.15, -0.1) is 10.2 Å². The van der Waals surface area contributed by atoms with Crippen LogP contribution in [0, 0.1) is 11.6 Å². The third-order valence-corrected chi connectivity index (χ3v) is 4.77. The molecule has 0 fully saturated rings. The predicted molar refractivity (Wildman–Crippen MR) is 95.8 cm³/mol. The summed E-state index contributed by atoms with van der Waals surface area (Å²) in [5.41, 5.74) is 0.757. The smallest absolute Gasteiger partial charge is 0.243 e. The molecule has 0 radical (unpaired) electrons. The van der Waals surface area contributed by atoms with Crippen LogP contribution in [0.4, 0.5) is 8.78 Å². The Labute approximate surface area is 159 Å². The van der Waals surface area contributed by atoms with Crippen LogP contribution >= 0.6 is 0 Å². The molecule has 1 aliphatic heterocycles. The van der Waals surface area contributed by atoms with E-state index in [2.05, 4.69) is 25.5 Å². The minimum absolute atomic E-state index is 0.0284.